The van der Waals surface area contributed by atoms with Crippen molar-refractivity contribution in [2.45, 2.75) is 0 Å². The molecule has 3 aromatic rings. The molecule has 0 unspecified atom stereocenters. The first-order chi connectivity index (χ1) is 16.0. The van der Waals surface area contributed by atoms with Crippen LogP contribution >= 0.6 is 0 Å². The second kappa shape index (κ2) is 10.1. The predicted octanol–water partition coefficient (Wildman–Crippen LogP) is 3.97. The summed E-state index contributed by atoms with van der Waals surface area (Å²) in [6.07, 6.45) is 4.34. The second-order valence-corrected chi connectivity index (χ2v) is 7.33. The van der Waals surface area contributed by atoms with Crippen molar-refractivity contribution in [3.63, 3.8) is 0 Å². The van der Waals surface area contributed by atoms with Crippen molar-refractivity contribution in [2.75, 3.05) is 43.6 Å². The topological polar surface area (TPSA) is 96.8 Å². The number of hydrogen-bond acceptors (Lipinski definition) is 7. The molecule has 1 aliphatic rings. The van der Waals surface area contributed by atoms with E-state index in [0.29, 0.717) is 49.5 Å². The lowest BCUT2D eigenvalue weighted by atomic mass is 10.0. The van der Waals surface area contributed by atoms with E-state index < -0.39 is 11.8 Å². The number of carboxylic acid groups (broad SMARTS) is 1. The first-order valence-corrected chi connectivity index (χ1v) is 10.3. The van der Waals surface area contributed by atoms with Gasteiger partial charge in [0.25, 0.3) is 0 Å². The molecule has 2 aromatic carbocycles. The largest absolute Gasteiger partial charge is 0.497 e. The molecule has 0 spiro atoms. The number of halogens is 1. The van der Waals surface area contributed by atoms with Gasteiger partial charge >= 0.3 is 5.97 Å². The Morgan fingerprint density at radius 2 is 2.06 bits per heavy atom. The van der Waals surface area contributed by atoms with Crippen molar-refractivity contribution in [1.29, 1.82) is 0 Å². The highest BCUT2D eigenvalue weighted by atomic mass is 19.1. The van der Waals surface area contributed by atoms with Gasteiger partial charge in [-0.1, -0.05) is 18.2 Å². The van der Waals surface area contributed by atoms with E-state index in [9.17, 15) is 9.18 Å². The zero-order chi connectivity index (χ0) is 23.2. The third-order valence-corrected chi connectivity index (χ3v) is 5.06. The molecule has 8 nitrogen and oxygen atoms in total. The third-order valence-electron chi connectivity index (χ3n) is 5.06. The molecular weight excluding hydrogens is 427 g/mol. The van der Waals surface area contributed by atoms with Crippen LogP contribution in [0.3, 0.4) is 0 Å². The molecular formula is C24H23FN4O4. The summed E-state index contributed by atoms with van der Waals surface area (Å²) in [5, 5.41) is 12.0. The van der Waals surface area contributed by atoms with Gasteiger partial charge in [-0.2, -0.15) is 4.98 Å². The van der Waals surface area contributed by atoms with Crippen LogP contribution in [0.2, 0.25) is 0 Å². The van der Waals surface area contributed by atoms with Gasteiger partial charge in [-0.05, 0) is 29.3 Å². The van der Waals surface area contributed by atoms with Gasteiger partial charge in [-0.3, -0.25) is 0 Å². The van der Waals surface area contributed by atoms with Crippen molar-refractivity contribution < 1.29 is 23.8 Å². The summed E-state index contributed by atoms with van der Waals surface area (Å²) < 4.78 is 24.5. The smallest absolute Gasteiger partial charge is 0.328 e. The lowest BCUT2D eigenvalue weighted by Gasteiger charge is -2.29. The third kappa shape index (κ3) is 5.64. The number of anilines is 3. The summed E-state index contributed by atoms with van der Waals surface area (Å²) >= 11 is 0. The second-order valence-electron chi connectivity index (χ2n) is 7.33. The van der Waals surface area contributed by atoms with Crippen LogP contribution in [0.4, 0.5) is 21.8 Å². The van der Waals surface area contributed by atoms with E-state index in [-0.39, 0.29) is 0 Å². The van der Waals surface area contributed by atoms with Crippen molar-refractivity contribution in [3.8, 4) is 16.9 Å². The van der Waals surface area contributed by atoms with E-state index in [4.69, 9.17) is 19.6 Å². The molecule has 9 heteroatoms. The Morgan fingerprint density at radius 1 is 1.24 bits per heavy atom. The number of rotatable bonds is 7. The summed E-state index contributed by atoms with van der Waals surface area (Å²) in [5.74, 6) is -0.0441. The fraction of sp³-hybridized carbons (Fsp3) is 0.208. The molecule has 0 atom stereocenters. The summed E-state index contributed by atoms with van der Waals surface area (Å²) in [4.78, 5) is 22.2. The van der Waals surface area contributed by atoms with E-state index in [1.54, 1.807) is 12.3 Å². The van der Waals surface area contributed by atoms with Crippen LogP contribution in [0.5, 0.6) is 5.75 Å². The van der Waals surface area contributed by atoms with Gasteiger partial charge in [0.15, 0.2) is 0 Å². The number of nitrogens with one attached hydrogen (secondary N) is 1. The van der Waals surface area contributed by atoms with Gasteiger partial charge in [0.2, 0.25) is 5.95 Å². The molecule has 4 rings (SSSR count). The minimum Gasteiger partial charge on any atom is -0.497 e. The molecule has 170 valence electrons. The van der Waals surface area contributed by atoms with E-state index in [1.165, 1.54) is 25.3 Å². The fourth-order valence-electron chi connectivity index (χ4n) is 3.51. The molecule has 1 aromatic heterocycles. The number of hydrogen-bond donors (Lipinski definition) is 2. The van der Waals surface area contributed by atoms with E-state index in [0.717, 1.165) is 22.8 Å². The van der Waals surface area contributed by atoms with Crippen LogP contribution in [-0.2, 0) is 9.53 Å². The molecule has 0 bridgehead atoms. The van der Waals surface area contributed by atoms with Gasteiger partial charge in [0.05, 0.1) is 20.3 Å². The quantitative estimate of drug-likeness (QED) is 0.522. The number of nitrogens with zero attached hydrogens (tertiary/aromatic N) is 3. The lowest BCUT2D eigenvalue weighted by molar-refractivity contribution is -0.131. The molecule has 0 amide bonds. The normalized spacial score (nSPS) is 13.8. The summed E-state index contributed by atoms with van der Waals surface area (Å²) in [5.41, 5.74) is 2.86. The van der Waals surface area contributed by atoms with Crippen LogP contribution in [0.25, 0.3) is 17.2 Å². The van der Waals surface area contributed by atoms with Crippen LogP contribution in [0.15, 0.2) is 54.7 Å². The van der Waals surface area contributed by atoms with Gasteiger partial charge in [-0.25, -0.2) is 14.2 Å². The van der Waals surface area contributed by atoms with E-state index in [1.807, 2.05) is 24.3 Å². The zero-order valence-electron chi connectivity index (χ0n) is 18.0. The van der Waals surface area contributed by atoms with Crippen molar-refractivity contribution in [3.05, 3.63) is 66.1 Å². The molecule has 1 saturated heterocycles. The average Bonchev–Trinajstić information content (AvgIpc) is 2.83. The molecule has 0 saturated carbocycles. The van der Waals surface area contributed by atoms with Gasteiger partial charge in [-0.15, -0.1) is 0 Å². The monoisotopic (exact) mass is 450 g/mol. The van der Waals surface area contributed by atoms with Gasteiger partial charge < -0.3 is 24.8 Å². The number of methoxy groups -OCH3 is 1. The summed E-state index contributed by atoms with van der Waals surface area (Å²) in [6.45, 7) is 2.48. The fourth-order valence-corrected chi connectivity index (χ4v) is 3.51. The zero-order valence-corrected chi connectivity index (χ0v) is 18.0. The Labute approximate surface area is 190 Å². The molecule has 2 N–H and O–H groups in total. The Hall–Kier alpha value is -3.98. The number of aromatic nitrogens is 2. The van der Waals surface area contributed by atoms with Crippen LogP contribution < -0.4 is 15.0 Å². The Balaban J connectivity index is 1.71. The minimum atomic E-state index is -1.01. The molecule has 0 radical (unpaired) electrons. The van der Waals surface area contributed by atoms with E-state index >= 15 is 0 Å². The van der Waals surface area contributed by atoms with Crippen molar-refractivity contribution in [1.82, 2.24) is 9.97 Å². The maximum absolute atomic E-state index is 13.9. The number of aliphatic carboxylic acids is 1. The SMILES string of the molecule is COc1cc(F)cc(Nc2ncc(-c3cccc(C=CC(=O)O)c3)c(N3CCOCC3)n2)c1. The maximum atomic E-state index is 13.9. The molecule has 1 aliphatic heterocycles. The number of carboxylic acids is 1. The Kier molecular flexibility index (Phi) is 6.80. The molecule has 1 fully saturated rings. The van der Waals surface area contributed by atoms with Crippen LogP contribution in [0, 0.1) is 5.82 Å². The van der Waals surface area contributed by atoms with Gasteiger partial charge in [0, 0.05) is 48.7 Å². The van der Waals surface area contributed by atoms with Gasteiger partial charge in [0.1, 0.15) is 17.4 Å². The standard InChI is InChI=1S/C24H23FN4O4/c1-32-20-13-18(25)12-19(14-20)27-24-26-15-21(23(28-24)29-7-9-33-10-8-29)17-4-2-3-16(11-17)5-6-22(30)31/h2-6,11-15H,7-10H2,1H3,(H,30,31)(H,26,27,28). The van der Waals surface area contributed by atoms with Crippen LogP contribution in [-0.4, -0.2) is 54.5 Å². The van der Waals surface area contributed by atoms with Crippen molar-refractivity contribution in [2.24, 2.45) is 0 Å². The summed E-state index contributed by atoms with van der Waals surface area (Å²) in [6, 6.07) is 11.8. The molecule has 33 heavy (non-hydrogen) atoms. The van der Waals surface area contributed by atoms with Crippen molar-refractivity contribution >= 4 is 29.5 Å². The first kappa shape index (κ1) is 22.2. The van der Waals surface area contributed by atoms with Crippen LogP contribution in [0.1, 0.15) is 5.56 Å². The average molecular weight is 450 g/mol. The highest BCUT2D eigenvalue weighted by Gasteiger charge is 2.19. The Morgan fingerprint density at radius 3 is 2.82 bits per heavy atom. The first-order valence-electron chi connectivity index (χ1n) is 10.3. The highest BCUT2D eigenvalue weighted by molar-refractivity contribution is 5.86. The number of benzene rings is 2. The summed E-state index contributed by atoms with van der Waals surface area (Å²) in [7, 11) is 1.47. The van der Waals surface area contributed by atoms with E-state index in [2.05, 4.69) is 15.2 Å². The Bertz CT molecular complexity index is 1180. The maximum Gasteiger partial charge on any atom is 0.328 e. The predicted molar refractivity (Wildman–Crippen MR) is 123 cm³/mol. The lowest BCUT2D eigenvalue weighted by Crippen LogP contribution is -2.37. The minimum absolute atomic E-state index is 0.315. The number of ether oxygens (including phenoxy) is 2. The molecule has 0 aliphatic carbocycles. The number of carbonyl (C=O) groups is 1. The number of morpholine rings is 1. The molecule has 2 heterocycles. The highest BCUT2D eigenvalue weighted by Crippen LogP contribution is 2.32.